The Morgan fingerprint density at radius 2 is 1.79 bits per heavy atom. The smallest absolute Gasteiger partial charge is 0.239 e. The molecule has 28 heavy (non-hydrogen) atoms. The summed E-state index contributed by atoms with van der Waals surface area (Å²) in [5.74, 6) is -0.390. The molecule has 3 N–H and O–H groups in total. The fraction of sp³-hybridized carbons (Fsp3) is 0.227. The zero-order chi connectivity index (χ0) is 19.8. The molecule has 1 atom stereocenters. The first-order chi connectivity index (χ1) is 13.6. The van der Waals surface area contributed by atoms with Crippen molar-refractivity contribution in [2.24, 2.45) is 5.73 Å². The average molecular weight is 439 g/mol. The fourth-order valence-electron chi connectivity index (χ4n) is 3.17. The number of amides is 1. The highest BCUT2D eigenvalue weighted by molar-refractivity contribution is 9.10. The minimum atomic E-state index is -0.531. The van der Waals surface area contributed by atoms with E-state index >= 15 is 0 Å². The van der Waals surface area contributed by atoms with Gasteiger partial charge in [0.2, 0.25) is 5.91 Å². The van der Waals surface area contributed by atoms with Gasteiger partial charge in [0, 0.05) is 35.8 Å². The van der Waals surface area contributed by atoms with Crippen LogP contribution in [0.4, 0.5) is 0 Å². The Morgan fingerprint density at radius 1 is 0.964 bits per heavy atom. The molecular weight excluding hydrogens is 416 g/mol. The second-order valence-electron chi connectivity index (χ2n) is 6.57. The van der Waals surface area contributed by atoms with E-state index in [1.807, 2.05) is 55.0 Å². The maximum absolute atomic E-state index is 11.9. The van der Waals surface area contributed by atoms with Gasteiger partial charge in [-0.25, -0.2) is 0 Å². The highest BCUT2D eigenvalue weighted by Crippen LogP contribution is 2.23. The molecule has 3 aromatic rings. The summed E-state index contributed by atoms with van der Waals surface area (Å²) in [5.41, 5.74) is 10.1. The summed E-state index contributed by atoms with van der Waals surface area (Å²) >= 11 is 3.50. The topological polar surface area (TPSA) is 80.9 Å². The molecule has 1 aromatic carbocycles. The molecule has 3 rings (SSSR count). The Morgan fingerprint density at radius 3 is 2.54 bits per heavy atom. The molecule has 2 heterocycles. The largest absolute Gasteiger partial charge is 0.368 e. The molecule has 0 saturated heterocycles. The van der Waals surface area contributed by atoms with Crippen LogP contribution in [-0.4, -0.2) is 22.4 Å². The summed E-state index contributed by atoms with van der Waals surface area (Å²) < 4.78 is 0.868. The van der Waals surface area contributed by atoms with Gasteiger partial charge in [0.05, 0.1) is 0 Å². The third-order valence-corrected chi connectivity index (χ3v) is 5.38. The number of carbonyl (C=O) groups excluding carboxylic acids is 1. The molecule has 5 nitrogen and oxygen atoms in total. The molecule has 6 heteroatoms. The van der Waals surface area contributed by atoms with Crippen LogP contribution < -0.4 is 11.1 Å². The van der Waals surface area contributed by atoms with Crippen molar-refractivity contribution in [2.75, 3.05) is 6.54 Å². The number of hydrogen-bond acceptors (Lipinski definition) is 4. The number of pyridine rings is 2. The lowest BCUT2D eigenvalue weighted by atomic mass is 10.0. The Balaban J connectivity index is 1.62. The Hall–Kier alpha value is -2.57. The van der Waals surface area contributed by atoms with Gasteiger partial charge in [-0.1, -0.05) is 40.2 Å². The number of primary amides is 1. The number of benzene rings is 1. The van der Waals surface area contributed by atoms with Gasteiger partial charge >= 0.3 is 0 Å². The van der Waals surface area contributed by atoms with Crippen molar-refractivity contribution in [3.63, 3.8) is 0 Å². The standard InChI is InChI=1S/C22H23BrN4O/c23-20-6-2-1-5-19(20)21(22(24)28)27-13-10-17-9-12-26-15-18(17)8-7-16-4-3-11-25-14-16/h1-6,9,11-12,14-15,21,27H,7-8,10,13H2,(H2,24,28). The van der Waals surface area contributed by atoms with Crippen molar-refractivity contribution >= 4 is 21.8 Å². The van der Waals surface area contributed by atoms with E-state index < -0.39 is 11.9 Å². The van der Waals surface area contributed by atoms with E-state index in [4.69, 9.17) is 5.73 Å². The highest BCUT2D eigenvalue weighted by atomic mass is 79.9. The summed E-state index contributed by atoms with van der Waals surface area (Å²) in [6, 6.07) is 13.2. The van der Waals surface area contributed by atoms with E-state index in [2.05, 4.69) is 37.3 Å². The highest BCUT2D eigenvalue weighted by Gasteiger charge is 2.19. The summed E-state index contributed by atoms with van der Waals surface area (Å²) in [6.07, 6.45) is 10.0. The molecule has 2 aromatic heterocycles. The third-order valence-electron chi connectivity index (χ3n) is 4.65. The van der Waals surface area contributed by atoms with Gasteiger partial charge < -0.3 is 11.1 Å². The van der Waals surface area contributed by atoms with E-state index in [1.165, 1.54) is 16.7 Å². The molecule has 0 aliphatic heterocycles. The van der Waals surface area contributed by atoms with Crippen molar-refractivity contribution in [1.82, 2.24) is 15.3 Å². The monoisotopic (exact) mass is 438 g/mol. The summed E-state index contributed by atoms with van der Waals surface area (Å²) in [7, 11) is 0. The molecule has 1 amide bonds. The SMILES string of the molecule is NC(=O)C(NCCc1ccncc1CCc1cccnc1)c1ccccc1Br. The first-order valence-corrected chi connectivity index (χ1v) is 10.0. The van der Waals surface area contributed by atoms with Gasteiger partial charge in [0.15, 0.2) is 0 Å². The van der Waals surface area contributed by atoms with Crippen LogP contribution in [0.25, 0.3) is 0 Å². The van der Waals surface area contributed by atoms with E-state index in [0.717, 1.165) is 29.3 Å². The second-order valence-corrected chi connectivity index (χ2v) is 7.42. The number of aromatic nitrogens is 2. The molecule has 0 saturated carbocycles. The molecule has 144 valence electrons. The first kappa shape index (κ1) is 20.2. The molecule has 1 unspecified atom stereocenters. The van der Waals surface area contributed by atoms with E-state index in [0.29, 0.717) is 6.54 Å². The molecule has 0 fully saturated rings. The normalized spacial score (nSPS) is 11.9. The van der Waals surface area contributed by atoms with Crippen molar-refractivity contribution < 1.29 is 4.79 Å². The molecular formula is C22H23BrN4O. The lowest BCUT2D eigenvalue weighted by molar-refractivity contribution is -0.120. The van der Waals surface area contributed by atoms with Crippen molar-refractivity contribution in [3.8, 4) is 0 Å². The van der Waals surface area contributed by atoms with Crippen LogP contribution in [0.2, 0.25) is 0 Å². The minimum Gasteiger partial charge on any atom is -0.368 e. The lowest BCUT2D eigenvalue weighted by Gasteiger charge is -2.18. The van der Waals surface area contributed by atoms with Crippen LogP contribution in [0.15, 0.2) is 71.7 Å². The number of carbonyl (C=O) groups is 1. The quantitative estimate of drug-likeness (QED) is 0.536. The minimum absolute atomic E-state index is 0.390. The average Bonchev–Trinajstić information content (AvgIpc) is 2.72. The molecule has 0 spiro atoms. The Labute approximate surface area is 173 Å². The molecule has 0 radical (unpaired) electrons. The van der Waals surface area contributed by atoms with Gasteiger partial charge in [-0.2, -0.15) is 0 Å². The third kappa shape index (κ3) is 5.47. The number of nitrogens with two attached hydrogens (primary N) is 1. The summed E-state index contributed by atoms with van der Waals surface area (Å²) in [5, 5.41) is 3.29. The molecule has 0 bridgehead atoms. The van der Waals surface area contributed by atoms with Gasteiger partial charge in [-0.3, -0.25) is 14.8 Å². The predicted octanol–water partition coefficient (Wildman–Crippen LogP) is 3.38. The molecule has 0 aliphatic rings. The summed E-state index contributed by atoms with van der Waals surface area (Å²) in [6.45, 7) is 0.638. The van der Waals surface area contributed by atoms with Gasteiger partial charge in [0.25, 0.3) is 0 Å². The van der Waals surface area contributed by atoms with Crippen LogP contribution >= 0.6 is 15.9 Å². The lowest BCUT2D eigenvalue weighted by Crippen LogP contribution is -2.35. The zero-order valence-corrected chi connectivity index (χ0v) is 17.1. The van der Waals surface area contributed by atoms with E-state index in [9.17, 15) is 4.79 Å². The van der Waals surface area contributed by atoms with Crippen LogP contribution in [0.5, 0.6) is 0 Å². The number of nitrogens with zero attached hydrogens (tertiary/aromatic N) is 2. The zero-order valence-electron chi connectivity index (χ0n) is 15.5. The van der Waals surface area contributed by atoms with Crippen LogP contribution in [0.3, 0.4) is 0 Å². The number of rotatable bonds is 9. The van der Waals surface area contributed by atoms with E-state index in [-0.39, 0.29) is 0 Å². The maximum Gasteiger partial charge on any atom is 0.239 e. The van der Waals surface area contributed by atoms with Gasteiger partial charge in [-0.05, 0) is 59.7 Å². The first-order valence-electron chi connectivity index (χ1n) is 9.23. The number of halogens is 1. The number of aryl methyl sites for hydroxylation is 2. The second kappa shape index (κ2) is 10.1. The number of nitrogens with one attached hydrogen (secondary N) is 1. The molecule has 0 aliphatic carbocycles. The predicted molar refractivity (Wildman–Crippen MR) is 114 cm³/mol. The van der Waals surface area contributed by atoms with Crippen LogP contribution in [0.1, 0.15) is 28.3 Å². The number of hydrogen-bond donors (Lipinski definition) is 2. The van der Waals surface area contributed by atoms with Gasteiger partial charge in [0.1, 0.15) is 6.04 Å². The van der Waals surface area contributed by atoms with E-state index in [1.54, 1.807) is 6.20 Å². The maximum atomic E-state index is 11.9. The fourth-order valence-corrected chi connectivity index (χ4v) is 3.69. The Bertz CT molecular complexity index is 917. The van der Waals surface area contributed by atoms with Gasteiger partial charge in [-0.15, -0.1) is 0 Å². The van der Waals surface area contributed by atoms with Crippen molar-refractivity contribution in [1.29, 1.82) is 0 Å². The van der Waals surface area contributed by atoms with Crippen molar-refractivity contribution in [3.05, 3.63) is 94.0 Å². The van der Waals surface area contributed by atoms with Crippen LogP contribution in [-0.2, 0) is 24.1 Å². The van der Waals surface area contributed by atoms with Crippen molar-refractivity contribution in [2.45, 2.75) is 25.3 Å². The Kier molecular flexibility index (Phi) is 7.28. The summed E-state index contributed by atoms with van der Waals surface area (Å²) in [4.78, 5) is 20.4. The van der Waals surface area contributed by atoms with Crippen LogP contribution in [0, 0.1) is 0 Å².